The molecule has 1 amide bonds. The van der Waals surface area contributed by atoms with Crippen LogP contribution in [0.1, 0.15) is 32.7 Å². The maximum absolute atomic E-state index is 12.4. The fourth-order valence-corrected chi connectivity index (χ4v) is 5.15. The Labute approximate surface area is 180 Å². The number of carbonyl (C=O) groups is 1. The Morgan fingerprint density at radius 3 is 3.00 bits per heavy atom. The van der Waals surface area contributed by atoms with Crippen LogP contribution in [0.4, 0.5) is 0 Å². The highest BCUT2D eigenvalue weighted by Gasteiger charge is 2.30. The molecule has 2 fully saturated rings. The van der Waals surface area contributed by atoms with Gasteiger partial charge in [0, 0.05) is 32.2 Å². The molecular formula is C20H29N5O2S2. The van der Waals surface area contributed by atoms with Gasteiger partial charge in [0.1, 0.15) is 0 Å². The van der Waals surface area contributed by atoms with Gasteiger partial charge in [-0.2, -0.15) is 0 Å². The topological polar surface area (TPSA) is 72.3 Å². The summed E-state index contributed by atoms with van der Waals surface area (Å²) in [7, 11) is 0. The van der Waals surface area contributed by atoms with E-state index in [2.05, 4.69) is 50.3 Å². The van der Waals surface area contributed by atoms with Gasteiger partial charge in [0.05, 0.1) is 23.3 Å². The van der Waals surface area contributed by atoms with Crippen LogP contribution >= 0.6 is 23.1 Å². The minimum Gasteiger partial charge on any atom is -0.374 e. The van der Waals surface area contributed by atoms with Gasteiger partial charge in [0.15, 0.2) is 11.0 Å². The van der Waals surface area contributed by atoms with E-state index < -0.39 is 0 Å². The van der Waals surface area contributed by atoms with E-state index in [0.717, 1.165) is 54.9 Å². The highest BCUT2D eigenvalue weighted by molar-refractivity contribution is 7.99. The number of amides is 1. The first-order chi connectivity index (χ1) is 14.1. The number of aromatic nitrogens is 3. The summed E-state index contributed by atoms with van der Waals surface area (Å²) in [6.45, 7) is 8.68. The number of morpholine rings is 1. The summed E-state index contributed by atoms with van der Waals surface area (Å²) in [6, 6.07) is 4.57. The Balaban J connectivity index is 1.27. The summed E-state index contributed by atoms with van der Waals surface area (Å²) >= 11 is 3.14. The zero-order chi connectivity index (χ0) is 20.2. The van der Waals surface area contributed by atoms with Crippen molar-refractivity contribution in [3.8, 4) is 10.7 Å². The summed E-state index contributed by atoms with van der Waals surface area (Å²) in [5.41, 5.74) is 0. The van der Waals surface area contributed by atoms with Gasteiger partial charge in [-0.15, -0.1) is 21.5 Å². The van der Waals surface area contributed by atoms with Crippen LogP contribution in [0.25, 0.3) is 10.7 Å². The molecule has 2 aliphatic rings. The molecule has 158 valence electrons. The van der Waals surface area contributed by atoms with Crippen molar-refractivity contribution in [3.05, 3.63) is 17.5 Å². The van der Waals surface area contributed by atoms with Gasteiger partial charge in [-0.1, -0.05) is 31.7 Å². The summed E-state index contributed by atoms with van der Waals surface area (Å²) in [6.07, 6.45) is 2.38. The van der Waals surface area contributed by atoms with E-state index in [1.54, 1.807) is 11.3 Å². The minimum absolute atomic E-state index is 0.0163. The van der Waals surface area contributed by atoms with Crippen molar-refractivity contribution >= 4 is 29.0 Å². The molecule has 4 rings (SSSR count). The number of nitrogens with one attached hydrogen (secondary N) is 1. The van der Waals surface area contributed by atoms with Crippen LogP contribution < -0.4 is 5.32 Å². The quantitative estimate of drug-likeness (QED) is 0.611. The van der Waals surface area contributed by atoms with E-state index in [1.165, 1.54) is 11.8 Å². The van der Waals surface area contributed by atoms with Gasteiger partial charge in [-0.25, -0.2) is 0 Å². The highest BCUT2D eigenvalue weighted by Crippen LogP contribution is 2.41. The normalized spacial score (nSPS) is 20.3. The Morgan fingerprint density at radius 1 is 1.41 bits per heavy atom. The zero-order valence-electron chi connectivity index (χ0n) is 17.0. The molecule has 0 aromatic carbocycles. The van der Waals surface area contributed by atoms with Crippen molar-refractivity contribution in [1.82, 2.24) is 25.0 Å². The average Bonchev–Trinajstić information content (AvgIpc) is 3.22. The van der Waals surface area contributed by atoms with Crippen LogP contribution in [0.5, 0.6) is 0 Å². The highest BCUT2D eigenvalue weighted by atomic mass is 32.2. The molecule has 2 aromatic heterocycles. The van der Waals surface area contributed by atoms with Gasteiger partial charge in [0.2, 0.25) is 5.91 Å². The Morgan fingerprint density at radius 2 is 2.28 bits per heavy atom. The fourth-order valence-electron chi connectivity index (χ4n) is 3.61. The third kappa shape index (κ3) is 5.59. The standard InChI is InChI=1S/C20H29N5O2S2/c1-14(2)11-24-7-8-27-16(12-24)10-21-18(26)13-29-20-23-22-19(17-4-3-9-28-17)25(20)15-5-6-15/h3-4,9,14-16H,5-8,10-13H2,1-2H3,(H,21,26). The third-order valence-corrected chi connectivity index (χ3v) is 6.83. The van der Waals surface area contributed by atoms with E-state index in [1.807, 2.05) is 6.07 Å². The average molecular weight is 436 g/mol. The molecule has 29 heavy (non-hydrogen) atoms. The van der Waals surface area contributed by atoms with Crippen LogP contribution in [0.2, 0.25) is 0 Å². The lowest BCUT2D eigenvalue weighted by atomic mass is 10.2. The monoisotopic (exact) mass is 435 g/mol. The molecule has 1 unspecified atom stereocenters. The summed E-state index contributed by atoms with van der Waals surface area (Å²) < 4.78 is 8.02. The second-order valence-electron chi connectivity index (χ2n) is 8.12. The van der Waals surface area contributed by atoms with Gasteiger partial charge >= 0.3 is 0 Å². The molecule has 7 nitrogen and oxygen atoms in total. The van der Waals surface area contributed by atoms with Crippen molar-refractivity contribution in [2.45, 2.75) is 44.0 Å². The molecule has 0 radical (unpaired) electrons. The van der Waals surface area contributed by atoms with E-state index in [-0.39, 0.29) is 12.0 Å². The number of thioether (sulfide) groups is 1. The molecule has 1 aliphatic heterocycles. The number of ether oxygens (including phenoxy) is 1. The number of thiophene rings is 1. The van der Waals surface area contributed by atoms with Crippen LogP contribution in [-0.4, -0.2) is 70.2 Å². The number of hydrogen-bond acceptors (Lipinski definition) is 7. The summed E-state index contributed by atoms with van der Waals surface area (Å²) in [4.78, 5) is 15.9. The van der Waals surface area contributed by atoms with Crippen LogP contribution in [0.3, 0.4) is 0 Å². The van der Waals surface area contributed by atoms with Crippen LogP contribution in [0, 0.1) is 5.92 Å². The molecule has 0 bridgehead atoms. The maximum atomic E-state index is 12.4. The zero-order valence-corrected chi connectivity index (χ0v) is 18.7. The van der Waals surface area contributed by atoms with Crippen molar-refractivity contribution in [3.63, 3.8) is 0 Å². The second-order valence-corrected chi connectivity index (χ2v) is 10.0. The van der Waals surface area contributed by atoms with Crippen LogP contribution in [0.15, 0.2) is 22.7 Å². The van der Waals surface area contributed by atoms with Gasteiger partial charge in [-0.3, -0.25) is 14.3 Å². The van der Waals surface area contributed by atoms with Gasteiger partial charge < -0.3 is 10.1 Å². The second kappa shape index (κ2) is 9.59. The lowest BCUT2D eigenvalue weighted by molar-refractivity contribution is -0.119. The SMILES string of the molecule is CC(C)CN1CCOC(CNC(=O)CSc2nnc(-c3cccs3)n2C2CC2)C1. The first kappa shape index (κ1) is 20.8. The largest absolute Gasteiger partial charge is 0.374 e. The van der Waals surface area contributed by atoms with E-state index in [0.29, 0.717) is 24.3 Å². The molecule has 0 spiro atoms. The molecule has 2 aromatic rings. The number of nitrogens with zero attached hydrogens (tertiary/aromatic N) is 4. The van der Waals surface area contributed by atoms with Crippen molar-refractivity contribution in [2.24, 2.45) is 5.92 Å². The van der Waals surface area contributed by atoms with E-state index >= 15 is 0 Å². The first-order valence-electron chi connectivity index (χ1n) is 10.3. The molecule has 1 saturated carbocycles. The van der Waals surface area contributed by atoms with Crippen LogP contribution in [-0.2, 0) is 9.53 Å². The van der Waals surface area contributed by atoms with Crippen molar-refractivity contribution in [2.75, 3.05) is 38.5 Å². The summed E-state index contributed by atoms with van der Waals surface area (Å²) in [5.74, 6) is 1.93. The van der Waals surface area contributed by atoms with E-state index in [4.69, 9.17) is 4.74 Å². The molecule has 1 N–H and O–H groups in total. The first-order valence-corrected chi connectivity index (χ1v) is 12.2. The number of hydrogen-bond donors (Lipinski definition) is 1. The molecular weight excluding hydrogens is 406 g/mol. The molecule has 1 saturated heterocycles. The Hall–Kier alpha value is -1.42. The smallest absolute Gasteiger partial charge is 0.230 e. The predicted molar refractivity (Wildman–Crippen MR) is 116 cm³/mol. The van der Waals surface area contributed by atoms with Gasteiger partial charge in [0.25, 0.3) is 0 Å². The minimum atomic E-state index is 0.0163. The Bertz CT molecular complexity index is 804. The van der Waals surface area contributed by atoms with Crippen molar-refractivity contribution in [1.29, 1.82) is 0 Å². The number of carbonyl (C=O) groups excluding carboxylic acids is 1. The Kier molecular flexibility index (Phi) is 6.89. The molecule has 9 heteroatoms. The van der Waals surface area contributed by atoms with Gasteiger partial charge in [-0.05, 0) is 30.2 Å². The predicted octanol–water partition coefficient (Wildman–Crippen LogP) is 2.91. The van der Waals surface area contributed by atoms with Crippen molar-refractivity contribution < 1.29 is 9.53 Å². The molecule has 1 aliphatic carbocycles. The lowest BCUT2D eigenvalue weighted by Gasteiger charge is -2.33. The van der Waals surface area contributed by atoms with E-state index in [9.17, 15) is 4.79 Å². The third-order valence-electron chi connectivity index (χ3n) is 5.02. The molecule has 3 heterocycles. The maximum Gasteiger partial charge on any atom is 0.230 e. The summed E-state index contributed by atoms with van der Waals surface area (Å²) in [5, 5.41) is 14.7. The molecule has 1 atom stereocenters. The fraction of sp³-hybridized carbons (Fsp3) is 0.650. The number of rotatable bonds is 9. The lowest BCUT2D eigenvalue weighted by Crippen LogP contribution is -2.48.